The lowest BCUT2D eigenvalue weighted by molar-refractivity contribution is 0.129. The van der Waals surface area contributed by atoms with Gasteiger partial charge in [0, 0.05) is 12.4 Å². The monoisotopic (exact) mass is 270 g/mol. The lowest BCUT2D eigenvalue weighted by Gasteiger charge is -2.08. The van der Waals surface area contributed by atoms with Gasteiger partial charge in [0.05, 0.1) is 17.7 Å². The van der Waals surface area contributed by atoms with Crippen LogP contribution in [0.1, 0.15) is 12.8 Å². The van der Waals surface area contributed by atoms with Gasteiger partial charge in [-0.25, -0.2) is 4.98 Å². The quantitative estimate of drug-likeness (QED) is 0.527. The number of ether oxygens (including phenoxy) is 1. The second-order valence-corrected chi connectivity index (χ2v) is 5.22. The first-order valence-corrected chi connectivity index (χ1v) is 6.80. The normalized spacial score (nSPS) is 20.2. The van der Waals surface area contributed by atoms with Gasteiger partial charge in [0.1, 0.15) is 5.03 Å². The Labute approximate surface area is 107 Å². The minimum atomic E-state index is 0.247. The van der Waals surface area contributed by atoms with Crippen LogP contribution in [0.2, 0.25) is 5.28 Å². The van der Waals surface area contributed by atoms with Gasteiger partial charge >= 0.3 is 0 Å². The first-order chi connectivity index (χ1) is 8.33. The molecule has 0 amide bonds. The molecule has 17 heavy (non-hydrogen) atoms. The third-order valence-electron chi connectivity index (χ3n) is 2.68. The van der Waals surface area contributed by atoms with Crippen LogP contribution in [0, 0.1) is 0 Å². The summed E-state index contributed by atoms with van der Waals surface area (Å²) in [6.45, 7) is 0.872. The van der Waals surface area contributed by atoms with E-state index >= 15 is 0 Å². The molecule has 5 nitrogen and oxygen atoms in total. The first-order valence-electron chi connectivity index (χ1n) is 5.44. The molecule has 1 N–H and O–H groups in total. The van der Waals surface area contributed by atoms with Crippen molar-refractivity contribution in [3.63, 3.8) is 0 Å². The van der Waals surface area contributed by atoms with Crippen molar-refractivity contribution in [3.8, 4) is 0 Å². The number of hydrogen-bond donors (Lipinski definition) is 1. The lowest BCUT2D eigenvalue weighted by atomic mass is 10.3. The number of hydrogen-bond acceptors (Lipinski definition) is 5. The zero-order valence-corrected chi connectivity index (χ0v) is 10.6. The van der Waals surface area contributed by atoms with Crippen molar-refractivity contribution >= 4 is 34.4 Å². The maximum atomic E-state index is 5.86. The van der Waals surface area contributed by atoms with Crippen molar-refractivity contribution in [3.05, 3.63) is 11.5 Å². The SMILES string of the molecule is Clc1nc(SCC2CCCO2)c2cn[nH]c2n1. The van der Waals surface area contributed by atoms with Crippen LogP contribution in [-0.2, 0) is 4.74 Å². The van der Waals surface area contributed by atoms with Gasteiger partial charge in [-0.15, -0.1) is 11.8 Å². The molecule has 2 aromatic heterocycles. The van der Waals surface area contributed by atoms with Crippen LogP contribution in [0.4, 0.5) is 0 Å². The molecule has 1 unspecified atom stereocenters. The average molecular weight is 271 g/mol. The second kappa shape index (κ2) is 4.80. The number of thioether (sulfide) groups is 1. The lowest BCUT2D eigenvalue weighted by Crippen LogP contribution is -2.08. The fourth-order valence-electron chi connectivity index (χ4n) is 1.84. The summed E-state index contributed by atoms with van der Waals surface area (Å²) in [5, 5.41) is 8.78. The highest BCUT2D eigenvalue weighted by molar-refractivity contribution is 7.99. The summed E-state index contributed by atoms with van der Waals surface area (Å²) < 4.78 is 5.58. The molecular weight excluding hydrogens is 260 g/mol. The number of nitrogens with one attached hydrogen (secondary N) is 1. The van der Waals surface area contributed by atoms with Crippen molar-refractivity contribution < 1.29 is 4.74 Å². The third kappa shape index (κ3) is 2.38. The summed E-state index contributed by atoms with van der Waals surface area (Å²) in [6.07, 6.45) is 4.33. The molecule has 3 heterocycles. The van der Waals surface area contributed by atoms with Crippen LogP contribution in [0.3, 0.4) is 0 Å². The molecule has 1 saturated heterocycles. The largest absolute Gasteiger partial charge is 0.377 e. The van der Waals surface area contributed by atoms with Crippen LogP contribution in [-0.4, -0.2) is 38.6 Å². The number of aromatic amines is 1. The molecular formula is C10H11ClN4OS. The molecule has 1 aliphatic heterocycles. The Balaban J connectivity index is 1.81. The Morgan fingerprint density at radius 3 is 3.29 bits per heavy atom. The van der Waals surface area contributed by atoms with E-state index in [0.29, 0.717) is 11.8 Å². The van der Waals surface area contributed by atoms with E-state index in [0.717, 1.165) is 35.6 Å². The summed E-state index contributed by atoms with van der Waals surface area (Å²) in [6, 6.07) is 0. The number of halogens is 1. The Bertz CT molecular complexity index is 526. The number of fused-ring (bicyclic) bond motifs is 1. The minimum Gasteiger partial charge on any atom is -0.377 e. The van der Waals surface area contributed by atoms with Crippen molar-refractivity contribution in [1.82, 2.24) is 20.2 Å². The highest BCUT2D eigenvalue weighted by Crippen LogP contribution is 2.28. The molecule has 3 rings (SSSR count). The standard InChI is InChI=1S/C10H11ClN4OS/c11-10-13-8-7(4-12-15-8)9(14-10)17-5-6-2-1-3-16-6/h4,6H,1-3,5H2,(H,12,13,14,15). The predicted molar refractivity (Wildman–Crippen MR) is 66.4 cm³/mol. The maximum Gasteiger partial charge on any atom is 0.225 e. The molecule has 1 atom stereocenters. The zero-order valence-electron chi connectivity index (χ0n) is 9.02. The molecule has 0 radical (unpaired) electrons. The van der Waals surface area contributed by atoms with E-state index in [-0.39, 0.29) is 5.28 Å². The molecule has 1 fully saturated rings. The van der Waals surface area contributed by atoms with Crippen molar-refractivity contribution in [2.75, 3.05) is 12.4 Å². The van der Waals surface area contributed by atoms with Crippen LogP contribution in [0.15, 0.2) is 11.2 Å². The second-order valence-electron chi connectivity index (χ2n) is 3.88. The minimum absolute atomic E-state index is 0.247. The van der Waals surface area contributed by atoms with Gasteiger partial charge in [0.25, 0.3) is 0 Å². The van der Waals surface area contributed by atoms with Crippen molar-refractivity contribution in [2.45, 2.75) is 24.0 Å². The summed E-state index contributed by atoms with van der Waals surface area (Å²) in [7, 11) is 0. The third-order valence-corrected chi connectivity index (χ3v) is 3.97. The van der Waals surface area contributed by atoms with Crippen LogP contribution >= 0.6 is 23.4 Å². The maximum absolute atomic E-state index is 5.86. The van der Waals surface area contributed by atoms with Gasteiger partial charge < -0.3 is 4.74 Å². The van der Waals surface area contributed by atoms with E-state index in [1.165, 1.54) is 0 Å². The van der Waals surface area contributed by atoms with E-state index in [9.17, 15) is 0 Å². The summed E-state index contributed by atoms with van der Waals surface area (Å²) in [5.41, 5.74) is 0.680. The summed E-state index contributed by atoms with van der Waals surface area (Å²) >= 11 is 7.51. The highest BCUT2D eigenvalue weighted by Gasteiger charge is 2.17. The average Bonchev–Trinajstić information content (AvgIpc) is 2.95. The molecule has 7 heteroatoms. The van der Waals surface area contributed by atoms with Gasteiger partial charge in [-0.2, -0.15) is 10.1 Å². The predicted octanol–water partition coefficient (Wildman–Crippen LogP) is 2.28. The smallest absolute Gasteiger partial charge is 0.225 e. The Morgan fingerprint density at radius 2 is 2.47 bits per heavy atom. The van der Waals surface area contributed by atoms with E-state index in [4.69, 9.17) is 16.3 Å². The van der Waals surface area contributed by atoms with Gasteiger partial charge in [0.15, 0.2) is 5.65 Å². The summed E-state index contributed by atoms with van der Waals surface area (Å²) in [4.78, 5) is 8.30. The van der Waals surface area contributed by atoms with Gasteiger partial charge in [-0.3, -0.25) is 5.10 Å². The molecule has 0 aliphatic carbocycles. The van der Waals surface area contributed by atoms with E-state index in [1.807, 2.05) is 0 Å². The molecule has 0 saturated carbocycles. The Morgan fingerprint density at radius 1 is 1.53 bits per heavy atom. The van der Waals surface area contributed by atoms with Gasteiger partial charge in [0.2, 0.25) is 5.28 Å². The topological polar surface area (TPSA) is 63.7 Å². The molecule has 0 spiro atoms. The first kappa shape index (κ1) is 11.3. The fourth-order valence-corrected chi connectivity index (χ4v) is 3.12. The van der Waals surface area contributed by atoms with Gasteiger partial charge in [-0.1, -0.05) is 0 Å². The van der Waals surface area contributed by atoms with Crippen molar-refractivity contribution in [2.24, 2.45) is 0 Å². The Kier molecular flexibility index (Phi) is 3.17. The summed E-state index contributed by atoms with van der Waals surface area (Å²) in [5.74, 6) is 0.896. The fraction of sp³-hybridized carbons (Fsp3) is 0.500. The van der Waals surface area contributed by atoms with Crippen LogP contribution in [0.5, 0.6) is 0 Å². The molecule has 90 valence electrons. The molecule has 2 aromatic rings. The highest BCUT2D eigenvalue weighted by atomic mass is 35.5. The number of H-pyrrole nitrogens is 1. The van der Waals surface area contributed by atoms with Gasteiger partial charge in [-0.05, 0) is 24.4 Å². The zero-order chi connectivity index (χ0) is 11.7. The molecule has 0 bridgehead atoms. The number of aromatic nitrogens is 4. The Hall–Kier alpha value is -0.850. The number of nitrogens with zero attached hydrogens (tertiary/aromatic N) is 3. The van der Waals surface area contributed by atoms with E-state index in [2.05, 4.69) is 20.2 Å². The van der Waals surface area contributed by atoms with E-state index < -0.39 is 0 Å². The molecule has 0 aromatic carbocycles. The van der Waals surface area contributed by atoms with Crippen molar-refractivity contribution in [1.29, 1.82) is 0 Å². The van der Waals surface area contributed by atoms with Crippen LogP contribution in [0.25, 0.3) is 11.0 Å². The number of rotatable bonds is 3. The molecule has 1 aliphatic rings. The van der Waals surface area contributed by atoms with Crippen LogP contribution < -0.4 is 0 Å². The van der Waals surface area contributed by atoms with E-state index in [1.54, 1.807) is 18.0 Å².